The van der Waals surface area contributed by atoms with Gasteiger partial charge in [0.2, 0.25) is 10.0 Å². The Kier molecular flexibility index (Phi) is 6.98. The smallest absolute Gasteiger partial charge is 0.240 e. The second-order valence-electron chi connectivity index (χ2n) is 4.76. The molecule has 0 amide bonds. The van der Waals surface area contributed by atoms with Gasteiger partial charge in [-0.05, 0) is 43.1 Å². The molecule has 4 N–H and O–H groups in total. The van der Waals surface area contributed by atoms with Gasteiger partial charge in [0, 0.05) is 18.8 Å². The lowest BCUT2D eigenvalue weighted by Gasteiger charge is -2.15. The molecular weight excluding hydrogens is 274 g/mol. The van der Waals surface area contributed by atoms with Gasteiger partial charge in [-0.1, -0.05) is 20.3 Å². The lowest BCUT2D eigenvalue weighted by atomic mass is 10.0. The third-order valence-electron chi connectivity index (χ3n) is 3.25. The number of rotatable bonds is 9. The molecule has 0 spiro atoms. The average Bonchev–Trinajstić information content (AvgIpc) is 2.44. The summed E-state index contributed by atoms with van der Waals surface area (Å²) in [5.41, 5.74) is 6.50. The minimum atomic E-state index is -3.37. The van der Waals surface area contributed by atoms with Crippen LogP contribution < -0.4 is 15.8 Å². The van der Waals surface area contributed by atoms with Gasteiger partial charge in [-0.2, -0.15) is 0 Å². The highest BCUT2D eigenvalue weighted by Gasteiger charge is 2.12. The highest BCUT2D eigenvalue weighted by molar-refractivity contribution is 7.89. The number of benzene rings is 1. The van der Waals surface area contributed by atoms with Crippen molar-refractivity contribution in [1.82, 2.24) is 4.72 Å². The van der Waals surface area contributed by atoms with Crippen LogP contribution in [0.2, 0.25) is 0 Å². The first-order chi connectivity index (χ1) is 9.53. The van der Waals surface area contributed by atoms with Gasteiger partial charge in [-0.15, -0.1) is 0 Å². The monoisotopic (exact) mass is 299 g/mol. The van der Waals surface area contributed by atoms with Crippen LogP contribution in [0.3, 0.4) is 0 Å². The summed E-state index contributed by atoms with van der Waals surface area (Å²) in [4.78, 5) is 0.291. The zero-order chi connectivity index (χ0) is 15.0. The number of sulfonamides is 1. The van der Waals surface area contributed by atoms with Gasteiger partial charge < -0.3 is 11.1 Å². The van der Waals surface area contributed by atoms with E-state index in [0.717, 1.165) is 25.1 Å². The molecule has 0 bridgehead atoms. The Morgan fingerprint density at radius 3 is 2.35 bits per heavy atom. The van der Waals surface area contributed by atoms with Crippen LogP contribution >= 0.6 is 0 Å². The minimum Gasteiger partial charge on any atom is -0.385 e. The summed E-state index contributed by atoms with van der Waals surface area (Å²) in [7, 11) is -3.37. The lowest BCUT2D eigenvalue weighted by Crippen LogP contribution is -2.23. The van der Waals surface area contributed by atoms with E-state index in [2.05, 4.69) is 17.0 Å². The molecule has 1 aromatic rings. The molecule has 1 unspecified atom stereocenters. The van der Waals surface area contributed by atoms with E-state index in [1.165, 1.54) is 0 Å². The summed E-state index contributed by atoms with van der Waals surface area (Å²) in [6.07, 6.45) is 2.08. The van der Waals surface area contributed by atoms with Crippen molar-refractivity contribution in [3.8, 4) is 0 Å². The van der Waals surface area contributed by atoms with E-state index in [4.69, 9.17) is 5.73 Å². The molecule has 0 aliphatic heterocycles. The van der Waals surface area contributed by atoms with Gasteiger partial charge in [0.25, 0.3) is 0 Å². The van der Waals surface area contributed by atoms with Gasteiger partial charge in [-0.3, -0.25) is 0 Å². The molecule has 20 heavy (non-hydrogen) atoms. The van der Waals surface area contributed by atoms with E-state index in [1.807, 2.05) is 0 Å². The first-order valence-electron chi connectivity index (χ1n) is 7.07. The predicted molar refractivity (Wildman–Crippen MR) is 83.2 cm³/mol. The molecule has 0 radical (unpaired) electrons. The SMILES string of the molecule is CCNS(=O)(=O)c1ccc(NCC(CC)CCN)cc1. The maximum atomic E-state index is 11.8. The maximum absolute atomic E-state index is 11.8. The molecule has 114 valence electrons. The van der Waals surface area contributed by atoms with Crippen molar-refractivity contribution in [3.05, 3.63) is 24.3 Å². The topological polar surface area (TPSA) is 84.2 Å². The van der Waals surface area contributed by atoms with E-state index >= 15 is 0 Å². The number of nitrogens with one attached hydrogen (secondary N) is 2. The Morgan fingerprint density at radius 2 is 1.85 bits per heavy atom. The largest absolute Gasteiger partial charge is 0.385 e. The molecule has 0 fully saturated rings. The fraction of sp³-hybridized carbons (Fsp3) is 0.571. The standard InChI is InChI=1S/C14H25N3O2S/c1-3-12(9-10-15)11-16-13-5-7-14(8-6-13)20(18,19)17-4-2/h5-8,12,16-17H,3-4,9-11,15H2,1-2H3. The molecule has 1 atom stereocenters. The van der Waals surface area contributed by atoms with Crippen molar-refractivity contribution in [2.24, 2.45) is 11.7 Å². The highest BCUT2D eigenvalue weighted by Crippen LogP contribution is 2.15. The van der Waals surface area contributed by atoms with Gasteiger partial charge in [0.15, 0.2) is 0 Å². The second kappa shape index (κ2) is 8.24. The Labute approximate surface area is 122 Å². The number of anilines is 1. The molecule has 1 aromatic carbocycles. The Bertz CT molecular complexity index is 486. The first kappa shape index (κ1) is 16.9. The van der Waals surface area contributed by atoms with E-state index in [-0.39, 0.29) is 0 Å². The van der Waals surface area contributed by atoms with Crippen molar-refractivity contribution in [2.75, 3.05) is 25.0 Å². The maximum Gasteiger partial charge on any atom is 0.240 e. The van der Waals surface area contributed by atoms with Crippen molar-refractivity contribution in [1.29, 1.82) is 0 Å². The molecule has 0 saturated heterocycles. The summed E-state index contributed by atoms with van der Waals surface area (Å²) in [6.45, 7) is 5.84. The molecule has 5 nitrogen and oxygen atoms in total. The van der Waals surface area contributed by atoms with Gasteiger partial charge in [0.05, 0.1) is 4.90 Å². The van der Waals surface area contributed by atoms with Gasteiger partial charge in [0.1, 0.15) is 0 Å². The molecule has 0 aliphatic carbocycles. The fourth-order valence-corrected chi connectivity index (χ4v) is 3.01. The van der Waals surface area contributed by atoms with E-state index < -0.39 is 10.0 Å². The van der Waals surface area contributed by atoms with Crippen LogP contribution in [0.5, 0.6) is 0 Å². The van der Waals surface area contributed by atoms with Crippen LogP contribution in [0.25, 0.3) is 0 Å². The van der Waals surface area contributed by atoms with Crippen LogP contribution in [0.1, 0.15) is 26.7 Å². The normalized spacial score (nSPS) is 13.2. The van der Waals surface area contributed by atoms with Crippen LogP contribution in [-0.4, -0.2) is 28.1 Å². The zero-order valence-corrected chi connectivity index (χ0v) is 13.0. The first-order valence-corrected chi connectivity index (χ1v) is 8.55. The molecule has 6 heteroatoms. The van der Waals surface area contributed by atoms with E-state index in [1.54, 1.807) is 31.2 Å². The molecule has 0 aliphatic rings. The van der Waals surface area contributed by atoms with Crippen molar-refractivity contribution >= 4 is 15.7 Å². The number of hydrogen-bond acceptors (Lipinski definition) is 4. The predicted octanol–water partition coefficient (Wildman–Crippen LogP) is 1.77. The highest BCUT2D eigenvalue weighted by atomic mass is 32.2. The fourth-order valence-electron chi connectivity index (χ4n) is 1.97. The molecule has 0 saturated carbocycles. The van der Waals surface area contributed by atoms with Crippen LogP contribution in [0.15, 0.2) is 29.2 Å². The second-order valence-corrected chi connectivity index (χ2v) is 6.53. The Hall–Kier alpha value is -1.11. The summed E-state index contributed by atoms with van der Waals surface area (Å²) in [5, 5.41) is 3.32. The summed E-state index contributed by atoms with van der Waals surface area (Å²) >= 11 is 0. The lowest BCUT2D eigenvalue weighted by molar-refractivity contribution is 0.501. The average molecular weight is 299 g/mol. The van der Waals surface area contributed by atoms with Gasteiger partial charge >= 0.3 is 0 Å². The zero-order valence-electron chi connectivity index (χ0n) is 12.2. The van der Waals surface area contributed by atoms with E-state index in [9.17, 15) is 8.42 Å². The molecule has 1 rings (SSSR count). The quantitative estimate of drug-likeness (QED) is 0.649. The third-order valence-corrected chi connectivity index (χ3v) is 4.81. The molecular formula is C14H25N3O2S. The van der Waals surface area contributed by atoms with Crippen LogP contribution in [-0.2, 0) is 10.0 Å². The van der Waals surface area contributed by atoms with Crippen molar-refractivity contribution < 1.29 is 8.42 Å². The summed E-state index contributed by atoms with van der Waals surface area (Å²) < 4.78 is 26.1. The third kappa shape index (κ3) is 5.11. The van der Waals surface area contributed by atoms with Crippen LogP contribution in [0, 0.1) is 5.92 Å². The van der Waals surface area contributed by atoms with Crippen molar-refractivity contribution in [3.63, 3.8) is 0 Å². The Morgan fingerprint density at radius 1 is 1.20 bits per heavy atom. The number of hydrogen-bond donors (Lipinski definition) is 3. The van der Waals surface area contributed by atoms with Crippen molar-refractivity contribution in [2.45, 2.75) is 31.6 Å². The minimum absolute atomic E-state index is 0.291. The molecule has 0 aromatic heterocycles. The summed E-state index contributed by atoms with van der Waals surface area (Å²) in [5.74, 6) is 0.546. The van der Waals surface area contributed by atoms with E-state index in [0.29, 0.717) is 23.9 Å². The molecule has 0 heterocycles. The Balaban J connectivity index is 2.63. The van der Waals surface area contributed by atoms with Crippen LogP contribution in [0.4, 0.5) is 5.69 Å². The number of nitrogens with two attached hydrogens (primary N) is 1. The summed E-state index contributed by atoms with van der Waals surface area (Å²) in [6, 6.07) is 6.81. The van der Waals surface area contributed by atoms with Gasteiger partial charge in [-0.25, -0.2) is 13.1 Å².